The third-order valence-electron chi connectivity index (χ3n) is 5.06. The molecule has 0 bridgehead atoms. The van der Waals surface area contributed by atoms with Crippen LogP contribution >= 0.6 is 0 Å². The van der Waals surface area contributed by atoms with Crippen molar-refractivity contribution in [3.8, 4) is 17.2 Å². The zero-order valence-electron chi connectivity index (χ0n) is 19.1. The second-order valence-electron chi connectivity index (χ2n) is 7.61. The van der Waals surface area contributed by atoms with Gasteiger partial charge >= 0.3 is 6.03 Å². The minimum atomic E-state index is -0.680. The van der Waals surface area contributed by atoms with Gasteiger partial charge in [0.2, 0.25) is 0 Å². The Morgan fingerprint density at radius 1 is 0.943 bits per heavy atom. The molecule has 180 valence electrons. The quantitative estimate of drug-likeness (QED) is 0.291. The summed E-state index contributed by atoms with van der Waals surface area (Å²) in [4.78, 5) is 16.5. The van der Waals surface area contributed by atoms with Crippen LogP contribution in [0.15, 0.2) is 66.9 Å². The van der Waals surface area contributed by atoms with Crippen LogP contribution in [0.1, 0.15) is 5.56 Å². The number of hydrogen-bond acceptors (Lipinski definition) is 5. The highest BCUT2D eigenvalue weighted by atomic mass is 19.1. The number of pyridine rings is 1. The summed E-state index contributed by atoms with van der Waals surface area (Å²) in [5.74, 6) is 0.332. The molecule has 35 heavy (non-hydrogen) atoms. The van der Waals surface area contributed by atoms with Crippen molar-refractivity contribution in [2.45, 2.75) is 6.92 Å². The number of ether oxygens (including phenoxy) is 3. The van der Waals surface area contributed by atoms with Crippen LogP contribution < -0.4 is 20.1 Å². The molecule has 0 spiro atoms. The largest absolute Gasteiger partial charge is 0.491 e. The lowest BCUT2D eigenvalue weighted by Crippen LogP contribution is -2.20. The van der Waals surface area contributed by atoms with Gasteiger partial charge in [-0.05, 0) is 61.0 Å². The van der Waals surface area contributed by atoms with Crippen molar-refractivity contribution in [2.24, 2.45) is 0 Å². The van der Waals surface area contributed by atoms with Crippen molar-refractivity contribution in [1.82, 2.24) is 4.98 Å². The average molecular weight is 479 g/mol. The summed E-state index contributed by atoms with van der Waals surface area (Å²) in [7, 11) is 1.61. The van der Waals surface area contributed by atoms with E-state index in [0.717, 1.165) is 10.9 Å². The fourth-order valence-electron chi connectivity index (χ4n) is 3.34. The third kappa shape index (κ3) is 6.01. The number of nitrogens with zero attached hydrogens (tertiary/aromatic N) is 1. The normalized spacial score (nSPS) is 10.7. The maximum absolute atomic E-state index is 14.7. The van der Waals surface area contributed by atoms with Gasteiger partial charge in [-0.2, -0.15) is 0 Å². The van der Waals surface area contributed by atoms with Crippen LogP contribution in [0.5, 0.6) is 17.2 Å². The standard InChI is InChI=1S/C26H23F2N3O4/c1-16-13-20-23(15-25(16)34-12-11-33-2)29-10-9-24(20)35-19-7-8-22(21(28)14-19)31-26(32)30-18-5-3-17(27)4-6-18/h3-10,13-15H,11-12H2,1-2H3,(H2,30,31,32). The number of nitrogens with one attached hydrogen (secondary N) is 2. The number of urea groups is 1. The molecule has 0 saturated carbocycles. The van der Waals surface area contributed by atoms with Crippen LogP contribution in [-0.4, -0.2) is 31.3 Å². The molecule has 0 atom stereocenters. The highest BCUT2D eigenvalue weighted by molar-refractivity contribution is 5.99. The summed E-state index contributed by atoms with van der Waals surface area (Å²) >= 11 is 0. The molecular formula is C26H23F2N3O4. The van der Waals surface area contributed by atoms with Crippen molar-refractivity contribution in [1.29, 1.82) is 0 Å². The SMILES string of the molecule is COCCOc1cc2nccc(Oc3ccc(NC(=O)Nc4ccc(F)cc4)c(F)c3)c2cc1C. The number of aryl methyl sites for hydroxylation is 1. The number of carbonyl (C=O) groups excluding carboxylic acids is 1. The summed E-state index contributed by atoms with van der Waals surface area (Å²) in [5.41, 5.74) is 1.89. The van der Waals surface area contributed by atoms with E-state index in [1.165, 1.54) is 42.5 Å². The van der Waals surface area contributed by atoms with Gasteiger partial charge in [0.1, 0.15) is 35.5 Å². The summed E-state index contributed by atoms with van der Waals surface area (Å²) in [6, 6.07) is 14.1. The molecule has 0 unspecified atom stereocenters. The van der Waals surface area contributed by atoms with Gasteiger partial charge in [0.25, 0.3) is 0 Å². The van der Waals surface area contributed by atoms with Crippen molar-refractivity contribution in [3.63, 3.8) is 0 Å². The molecule has 0 aliphatic rings. The molecule has 2 N–H and O–H groups in total. The van der Waals surface area contributed by atoms with Gasteiger partial charge in [0, 0.05) is 36.5 Å². The summed E-state index contributed by atoms with van der Waals surface area (Å²) in [6.07, 6.45) is 1.60. The van der Waals surface area contributed by atoms with Crippen LogP contribution in [0, 0.1) is 18.6 Å². The first-order valence-corrected chi connectivity index (χ1v) is 10.7. The van der Waals surface area contributed by atoms with E-state index in [-0.39, 0.29) is 11.4 Å². The van der Waals surface area contributed by atoms with Gasteiger partial charge in [-0.3, -0.25) is 4.98 Å². The molecule has 0 saturated heterocycles. The number of aromatic nitrogens is 1. The number of fused-ring (bicyclic) bond motifs is 1. The number of amides is 2. The van der Waals surface area contributed by atoms with E-state index in [0.29, 0.717) is 35.9 Å². The Morgan fingerprint density at radius 2 is 1.74 bits per heavy atom. The Morgan fingerprint density at radius 3 is 2.49 bits per heavy atom. The highest BCUT2D eigenvalue weighted by Crippen LogP contribution is 2.34. The number of halogens is 2. The summed E-state index contributed by atoms with van der Waals surface area (Å²) in [5, 5.41) is 5.67. The fourth-order valence-corrected chi connectivity index (χ4v) is 3.34. The van der Waals surface area contributed by atoms with Crippen molar-refractivity contribution in [2.75, 3.05) is 31.0 Å². The molecule has 9 heteroatoms. The molecule has 2 amide bonds. The van der Waals surface area contributed by atoms with Crippen LogP contribution in [0.3, 0.4) is 0 Å². The van der Waals surface area contributed by atoms with Gasteiger partial charge in [0.05, 0.1) is 17.8 Å². The number of benzene rings is 3. The Bertz CT molecular complexity index is 1350. The number of rotatable bonds is 8. The number of carbonyl (C=O) groups is 1. The van der Waals surface area contributed by atoms with Gasteiger partial charge in [0.15, 0.2) is 0 Å². The maximum atomic E-state index is 14.7. The van der Waals surface area contributed by atoms with E-state index in [9.17, 15) is 13.6 Å². The Kier molecular flexibility index (Phi) is 7.37. The van der Waals surface area contributed by atoms with E-state index in [1.807, 2.05) is 19.1 Å². The smallest absolute Gasteiger partial charge is 0.323 e. The van der Waals surface area contributed by atoms with Crippen LogP contribution in [0.25, 0.3) is 10.9 Å². The lowest BCUT2D eigenvalue weighted by Gasteiger charge is -2.13. The first kappa shape index (κ1) is 23.9. The Hall–Kier alpha value is -4.24. The molecule has 1 heterocycles. The fraction of sp³-hybridized carbons (Fsp3) is 0.154. The van der Waals surface area contributed by atoms with Gasteiger partial charge in [-0.25, -0.2) is 13.6 Å². The van der Waals surface area contributed by atoms with Crippen molar-refractivity contribution in [3.05, 3.63) is 84.1 Å². The van der Waals surface area contributed by atoms with E-state index in [2.05, 4.69) is 15.6 Å². The van der Waals surface area contributed by atoms with E-state index in [4.69, 9.17) is 14.2 Å². The second-order valence-corrected chi connectivity index (χ2v) is 7.61. The molecule has 4 rings (SSSR count). The zero-order valence-corrected chi connectivity index (χ0v) is 19.1. The maximum Gasteiger partial charge on any atom is 0.323 e. The van der Waals surface area contributed by atoms with Crippen LogP contribution in [0.4, 0.5) is 25.0 Å². The lowest BCUT2D eigenvalue weighted by molar-refractivity contribution is 0.146. The van der Waals surface area contributed by atoms with E-state index >= 15 is 0 Å². The first-order valence-electron chi connectivity index (χ1n) is 10.7. The zero-order chi connectivity index (χ0) is 24.8. The van der Waals surface area contributed by atoms with Crippen molar-refractivity contribution >= 4 is 28.3 Å². The molecule has 4 aromatic rings. The summed E-state index contributed by atoms with van der Waals surface area (Å²) in [6.45, 7) is 2.80. The minimum Gasteiger partial charge on any atom is -0.491 e. The van der Waals surface area contributed by atoms with Crippen LogP contribution in [-0.2, 0) is 4.74 Å². The average Bonchev–Trinajstić information content (AvgIpc) is 2.83. The molecule has 3 aromatic carbocycles. The monoisotopic (exact) mass is 479 g/mol. The van der Waals surface area contributed by atoms with Crippen molar-refractivity contribution < 1.29 is 27.8 Å². The third-order valence-corrected chi connectivity index (χ3v) is 5.06. The topological polar surface area (TPSA) is 81.7 Å². The Balaban J connectivity index is 1.47. The highest BCUT2D eigenvalue weighted by Gasteiger charge is 2.12. The van der Waals surface area contributed by atoms with E-state index in [1.54, 1.807) is 19.4 Å². The predicted molar refractivity (Wildman–Crippen MR) is 129 cm³/mol. The first-order chi connectivity index (χ1) is 16.9. The summed E-state index contributed by atoms with van der Waals surface area (Å²) < 4.78 is 44.3. The van der Waals surface area contributed by atoms with Gasteiger partial charge in [-0.1, -0.05) is 0 Å². The molecule has 0 aliphatic carbocycles. The molecule has 0 aliphatic heterocycles. The molecule has 1 aromatic heterocycles. The number of methoxy groups -OCH3 is 1. The predicted octanol–water partition coefficient (Wildman–Crippen LogP) is 6.28. The van der Waals surface area contributed by atoms with Crippen LogP contribution in [0.2, 0.25) is 0 Å². The number of anilines is 2. The second kappa shape index (κ2) is 10.8. The molecule has 0 fully saturated rings. The minimum absolute atomic E-state index is 0.0368. The van der Waals surface area contributed by atoms with Gasteiger partial charge < -0.3 is 24.8 Å². The Labute approximate surface area is 200 Å². The number of hydrogen-bond donors (Lipinski definition) is 2. The molecular weight excluding hydrogens is 456 g/mol. The molecule has 0 radical (unpaired) electrons. The molecule has 7 nitrogen and oxygen atoms in total. The van der Waals surface area contributed by atoms with E-state index < -0.39 is 17.7 Å². The lowest BCUT2D eigenvalue weighted by atomic mass is 10.1. The van der Waals surface area contributed by atoms with Gasteiger partial charge in [-0.15, -0.1) is 0 Å².